The number of anilines is 1. The number of nitriles is 1. The maximum Gasteiger partial charge on any atom is 0.289 e. The fourth-order valence-electron chi connectivity index (χ4n) is 1.88. The Morgan fingerprint density at radius 1 is 1.19 bits per heavy atom. The van der Waals surface area contributed by atoms with Gasteiger partial charge in [-0.15, -0.1) is 0 Å². The molecule has 0 aromatic heterocycles. The predicted octanol–water partition coefficient (Wildman–Crippen LogP) is 2.54. The third kappa shape index (κ3) is 3.55. The van der Waals surface area contributed by atoms with Gasteiger partial charge in [0.1, 0.15) is 11.6 Å². The van der Waals surface area contributed by atoms with Gasteiger partial charge in [-0.25, -0.2) is 0 Å². The van der Waals surface area contributed by atoms with Gasteiger partial charge in [-0.2, -0.15) is 5.26 Å². The first-order valence-electron chi connectivity index (χ1n) is 6.34. The average molecular weight is 282 g/mol. The molecule has 106 valence electrons. The number of nitro groups is 1. The van der Waals surface area contributed by atoms with E-state index >= 15 is 0 Å². The van der Waals surface area contributed by atoms with Crippen LogP contribution in [0.15, 0.2) is 42.5 Å². The highest BCUT2D eigenvalue weighted by atomic mass is 16.6. The summed E-state index contributed by atoms with van der Waals surface area (Å²) >= 11 is 0. The van der Waals surface area contributed by atoms with Crippen molar-refractivity contribution < 1.29 is 4.92 Å². The van der Waals surface area contributed by atoms with Gasteiger partial charge in [-0.1, -0.05) is 24.3 Å². The van der Waals surface area contributed by atoms with E-state index in [9.17, 15) is 10.1 Å². The molecule has 0 radical (unpaired) electrons. The Bertz CT molecular complexity index is 690. The molecule has 21 heavy (non-hydrogen) atoms. The van der Waals surface area contributed by atoms with Gasteiger partial charge in [0.2, 0.25) is 0 Å². The third-order valence-electron chi connectivity index (χ3n) is 3.07. The second-order valence-corrected chi connectivity index (χ2v) is 4.48. The smallest absolute Gasteiger partial charge is 0.289 e. The number of hydrogen-bond donors (Lipinski definition) is 2. The number of hydrogen-bond acceptors (Lipinski definition) is 5. The fraction of sp³-hybridized carbons (Fsp3) is 0.133. The lowest BCUT2D eigenvalue weighted by atomic mass is 10.1. The molecule has 2 rings (SSSR count). The zero-order valence-electron chi connectivity index (χ0n) is 11.2. The molecule has 0 heterocycles. The summed E-state index contributed by atoms with van der Waals surface area (Å²) in [5.74, 6) is 0. The van der Waals surface area contributed by atoms with Gasteiger partial charge in [0, 0.05) is 24.8 Å². The first-order chi connectivity index (χ1) is 10.1. The van der Waals surface area contributed by atoms with Crippen LogP contribution in [-0.4, -0.2) is 4.92 Å². The van der Waals surface area contributed by atoms with E-state index < -0.39 is 4.92 Å². The summed E-state index contributed by atoms with van der Waals surface area (Å²) in [5, 5.41) is 22.8. The molecule has 0 atom stereocenters. The molecule has 0 amide bonds. The third-order valence-corrected chi connectivity index (χ3v) is 3.07. The van der Waals surface area contributed by atoms with E-state index in [0.717, 1.165) is 11.1 Å². The van der Waals surface area contributed by atoms with E-state index in [1.165, 1.54) is 12.1 Å². The normalized spacial score (nSPS) is 9.90. The van der Waals surface area contributed by atoms with Crippen LogP contribution in [0.5, 0.6) is 0 Å². The van der Waals surface area contributed by atoms with Crippen molar-refractivity contribution in [3.8, 4) is 6.07 Å². The monoisotopic (exact) mass is 282 g/mol. The van der Waals surface area contributed by atoms with E-state index in [0.29, 0.717) is 18.8 Å². The van der Waals surface area contributed by atoms with Crippen molar-refractivity contribution in [2.24, 2.45) is 5.73 Å². The summed E-state index contributed by atoms with van der Waals surface area (Å²) < 4.78 is 0. The van der Waals surface area contributed by atoms with E-state index in [1.807, 2.05) is 30.3 Å². The Morgan fingerprint density at radius 2 is 1.86 bits per heavy atom. The molecule has 0 aliphatic carbocycles. The van der Waals surface area contributed by atoms with Crippen molar-refractivity contribution >= 4 is 11.4 Å². The molecular formula is C15H14N4O2. The summed E-state index contributed by atoms with van der Waals surface area (Å²) in [6, 6.07) is 14.1. The highest BCUT2D eigenvalue weighted by molar-refractivity contribution is 5.59. The Hall–Kier alpha value is -2.91. The molecule has 0 aliphatic rings. The second-order valence-electron chi connectivity index (χ2n) is 4.48. The predicted molar refractivity (Wildman–Crippen MR) is 79.5 cm³/mol. The van der Waals surface area contributed by atoms with Crippen LogP contribution in [0.1, 0.15) is 16.7 Å². The minimum Gasteiger partial charge on any atom is -0.381 e. The first-order valence-corrected chi connectivity index (χ1v) is 6.34. The average Bonchev–Trinajstić information content (AvgIpc) is 2.53. The lowest BCUT2D eigenvalue weighted by molar-refractivity contribution is -0.385. The van der Waals surface area contributed by atoms with E-state index in [1.54, 1.807) is 6.07 Å². The minimum absolute atomic E-state index is 0.0536. The maximum absolute atomic E-state index is 10.9. The Kier molecular flexibility index (Phi) is 4.49. The number of nitrogens with zero attached hydrogens (tertiary/aromatic N) is 2. The van der Waals surface area contributed by atoms with Crippen molar-refractivity contribution in [1.82, 2.24) is 0 Å². The highest BCUT2D eigenvalue weighted by Crippen LogP contribution is 2.22. The van der Waals surface area contributed by atoms with Crippen molar-refractivity contribution in [1.29, 1.82) is 5.26 Å². The molecule has 0 saturated carbocycles. The number of rotatable bonds is 5. The second kappa shape index (κ2) is 6.50. The Balaban J connectivity index is 2.11. The molecule has 0 unspecified atom stereocenters. The first kappa shape index (κ1) is 14.5. The molecule has 0 aliphatic heterocycles. The molecule has 6 nitrogen and oxygen atoms in total. The summed E-state index contributed by atoms with van der Waals surface area (Å²) in [4.78, 5) is 10.3. The topological polar surface area (TPSA) is 105 Å². The van der Waals surface area contributed by atoms with Crippen LogP contribution in [0.3, 0.4) is 0 Å². The van der Waals surface area contributed by atoms with Crippen LogP contribution in [-0.2, 0) is 13.1 Å². The summed E-state index contributed by atoms with van der Waals surface area (Å²) in [6.07, 6.45) is 0. The lowest BCUT2D eigenvalue weighted by Gasteiger charge is -2.07. The number of benzene rings is 2. The van der Waals surface area contributed by atoms with Gasteiger partial charge in [0.05, 0.1) is 4.92 Å². The molecular weight excluding hydrogens is 268 g/mol. The highest BCUT2D eigenvalue weighted by Gasteiger charge is 2.13. The molecule has 0 spiro atoms. The summed E-state index contributed by atoms with van der Waals surface area (Å²) in [7, 11) is 0. The molecule has 0 saturated heterocycles. The number of nitrogens with two attached hydrogens (primary N) is 1. The van der Waals surface area contributed by atoms with Crippen LogP contribution >= 0.6 is 0 Å². The van der Waals surface area contributed by atoms with Crippen molar-refractivity contribution in [3.05, 3.63) is 69.3 Å². The van der Waals surface area contributed by atoms with Gasteiger partial charge < -0.3 is 11.1 Å². The van der Waals surface area contributed by atoms with Crippen molar-refractivity contribution in [3.63, 3.8) is 0 Å². The van der Waals surface area contributed by atoms with Crippen LogP contribution in [0.4, 0.5) is 11.4 Å². The van der Waals surface area contributed by atoms with E-state index in [2.05, 4.69) is 5.32 Å². The molecule has 0 bridgehead atoms. The minimum atomic E-state index is -0.556. The van der Waals surface area contributed by atoms with Gasteiger partial charge in [0.15, 0.2) is 0 Å². The van der Waals surface area contributed by atoms with Gasteiger partial charge in [0.25, 0.3) is 5.69 Å². The Labute approximate surface area is 122 Å². The Morgan fingerprint density at radius 3 is 2.43 bits per heavy atom. The molecule has 2 aromatic rings. The maximum atomic E-state index is 10.9. The summed E-state index contributed by atoms with van der Waals surface area (Å²) in [5.41, 5.74) is 8.08. The number of nitrogens with one attached hydrogen (secondary N) is 1. The quantitative estimate of drug-likeness (QED) is 0.647. The van der Waals surface area contributed by atoms with Crippen LogP contribution in [0.2, 0.25) is 0 Å². The van der Waals surface area contributed by atoms with E-state index in [4.69, 9.17) is 11.0 Å². The molecule has 3 N–H and O–H groups in total. The van der Waals surface area contributed by atoms with Crippen LogP contribution < -0.4 is 11.1 Å². The summed E-state index contributed by atoms with van der Waals surface area (Å²) in [6.45, 7) is 1.03. The zero-order chi connectivity index (χ0) is 15.2. The van der Waals surface area contributed by atoms with Crippen molar-refractivity contribution in [2.45, 2.75) is 13.1 Å². The van der Waals surface area contributed by atoms with Crippen LogP contribution in [0.25, 0.3) is 0 Å². The SMILES string of the molecule is N#Cc1ccc(NCc2ccc(CN)cc2)cc1[N+](=O)[O-]. The fourth-order valence-corrected chi connectivity index (χ4v) is 1.88. The van der Waals surface area contributed by atoms with E-state index in [-0.39, 0.29) is 11.3 Å². The molecule has 0 fully saturated rings. The van der Waals surface area contributed by atoms with Gasteiger partial charge in [-0.05, 0) is 23.3 Å². The van der Waals surface area contributed by atoms with Crippen LogP contribution in [0, 0.1) is 21.4 Å². The number of nitro benzene ring substituents is 1. The van der Waals surface area contributed by atoms with Gasteiger partial charge in [-0.3, -0.25) is 10.1 Å². The molecule has 6 heteroatoms. The van der Waals surface area contributed by atoms with Crippen molar-refractivity contribution in [2.75, 3.05) is 5.32 Å². The molecule has 2 aromatic carbocycles. The van der Waals surface area contributed by atoms with Gasteiger partial charge >= 0.3 is 0 Å². The standard InChI is InChI=1S/C15H14N4O2/c16-8-11-1-3-12(4-2-11)10-18-14-6-5-13(9-17)15(7-14)19(20)21/h1-7,18H,8,10,16H2. The largest absolute Gasteiger partial charge is 0.381 e. The zero-order valence-corrected chi connectivity index (χ0v) is 11.2. The lowest BCUT2D eigenvalue weighted by Crippen LogP contribution is -2.02.